The zero-order valence-electron chi connectivity index (χ0n) is 8.92. The summed E-state index contributed by atoms with van der Waals surface area (Å²) in [5, 5.41) is 4.35. The minimum absolute atomic E-state index is 0.540. The first-order chi connectivity index (χ1) is 7.29. The number of benzene rings is 1. The van der Waals surface area contributed by atoms with Crippen molar-refractivity contribution in [1.82, 2.24) is 0 Å². The third kappa shape index (κ3) is 2.64. The van der Waals surface area contributed by atoms with Gasteiger partial charge in [-0.1, -0.05) is 11.6 Å². The summed E-state index contributed by atoms with van der Waals surface area (Å²) >= 11 is 5.95. The second kappa shape index (κ2) is 4.86. The highest BCUT2D eigenvalue weighted by Gasteiger charge is 2.17. The summed E-state index contributed by atoms with van der Waals surface area (Å²) in [4.78, 5) is 0. The van der Waals surface area contributed by atoms with Gasteiger partial charge >= 0.3 is 0 Å². The average molecular weight is 226 g/mol. The van der Waals surface area contributed by atoms with Gasteiger partial charge in [0, 0.05) is 30.5 Å². The van der Waals surface area contributed by atoms with Crippen LogP contribution in [0.1, 0.15) is 18.4 Å². The summed E-state index contributed by atoms with van der Waals surface area (Å²) in [5.41, 5.74) is 2.56. The Morgan fingerprint density at radius 1 is 1.53 bits per heavy atom. The molecule has 82 valence electrons. The van der Waals surface area contributed by atoms with Gasteiger partial charge in [-0.2, -0.15) is 0 Å². The van der Waals surface area contributed by atoms with E-state index in [1.165, 1.54) is 11.3 Å². The predicted octanol–water partition coefficient (Wildman–Crippen LogP) is 3.10. The molecule has 0 spiro atoms. The maximum atomic E-state index is 5.95. The molecular formula is C12H16ClNO. The van der Waals surface area contributed by atoms with Gasteiger partial charge in [0.25, 0.3) is 0 Å². The maximum Gasteiger partial charge on any atom is 0.0481 e. The van der Waals surface area contributed by atoms with Crippen LogP contribution >= 0.6 is 11.6 Å². The summed E-state index contributed by atoms with van der Waals surface area (Å²) in [6.45, 7) is 0.820. The van der Waals surface area contributed by atoms with E-state index in [1.807, 2.05) is 6.07 Å². The fourth-order valence-electron chi connectivity index (χ4n) is 2.01. The second-order valence-corrected chi connectivity index (χ2v) is 4.40. The first kappa shape index (κ1) is 10.8. The lowest BCUT2D eigenvalue weighted by Gasteiger charge is -2.27. The summed E-state index contributed by atoms with van der Waals surface area (Å²) in [6.07, 6.45) is 3.34. The number of methoxy groups -OCH3 is 1. The SMILES string of the molecule is COCCC1CCc2cc(Cl)ccc2N1. The van der Waals surface area contributed by atoms with E-state index >= 15 is 0 Å². The first-order valence-corrected chi connectivity index (χ1v) is 5.71. The van der Waals surface area contributed by atoms with E-state index in [1.54, 1.807) is 7.11 Å². The van der Waals surface area contributed by atoms with Crippen molar-refractivity contribution >= 4 is 17.3 Å². The molecule has 1 aliphatic rings. The molecule has 0 bridgehead atoms. The molecule has 3 heteroatoms. The van der Waals surface area contributed by atoms with Gasteiger partial charge in [-0.3, -0.25) is 0 Å². The highest BCUT2D eigenvalue weighted by Crippen LogP contribution is 2.28. The van der Waals surface area contributed by atoms with Crippen LogP contribution in [0.5, 0.6) is 0 Å². The van der Waals surface area contributed by atoms with Crippen LogP contribution in [0.15, 0.2) is 18.2 Å². The van der Waals surface area contributed by atoms with Crippen molar-refractivity contribution in [3.63, 3.8) is 0 Å². The minimum Gasteiger partial charge on any atom is -0.385 e. The van der Waals surface area contributed by atoms with Gasteiger partial charge in [0.2, 0.25) is 0 Å². The van der Waals surface area contributed by atoms with E-state index in [9.17, 15) is 0 Å². The smallest absolute Gasteiger partial charge is 0.0481 e. The topological polar surface area (TPSA) is 21.3 Å². The summed E-state index contributed by atoms with van der Waals surface area (Å²) in [5.74, 6) is 0. The molecule has 0 aromatic heterocycles. The molecule has 1 heterocycles. The average Bonchev–Trinajstić information content (AvgIpc) is 2.26. The lowest BCUT2D eigenvalue weighted by Crippen LogP contribution is -2.26. The van der Waals surface area contributed by atoms with Gasteiger partial charge in [-0.25, -0.2) is 0 Å². The first-order valence-electron chi connectivity index (χ1n) is 5.33. The Labute approximate surface area is 95.6 Å². The van der Waals surface area contributed by atoms with Crippen molar-refractivity contribution in [1.29, 1.82) is 0 Å². The zero-order chi connectivity index (χ0) is 10.7. The highest BCUT2D eigenvalue weighted by molar-refractivity contribution is 6.30. The van der Waals surface area contributed by atoms with Crippen LogP contribution in [0, 0.1) is 0 Å². The monoisotopic (exact) mass is 225 g/mol. The van der Waals surface area contributed by atoms with Crippen molar-refractivity contribution in [2.75, 3.05) is 19.0 Å². The molecule has 0 amide bonds. The molecule has 15 heavy (non-hydrogen) atoms. The highest BCUT2D eigenvalue weighted by atomic mass is 35.5. The Balaban J connectivity index is 2.03. The third-order valence-electron chi connectivity index (χ3n) is 2.86. The van der Waals surface area contributed by atoms with Gasteiger partial charge in [-0.15, -0.1) is 0 Å². The molecule has 2 nitrogen and oxygen atoms in total. The third-order valence-corrected chi connectivity index (χ3v) is 3.09. The Kier molecular flexibility index (Phi) is 3.49. The Morgan fingerprint density at radius 2 is 2.40 bits per heavy atom. The lowest BCUT2D eigenvalue weighted by atomic mass is 9.96. The predicted molar refractivity (Wildman–Crippen MR) is 63.7 cm³/mol. The molecule has 2 rings (SSSR count). The number of hydrogen-bond acceptors (Lipinski definition) is 2. The number of ether oxygens (including phenoxy) is 1. The standard InChI is InChI=1S/C12H16ClNO/c1-15-7-6-11-4-2-9-8-10(13)3-5-12(9)14-11/h3,5,8,11,14H,2,4,6-7H2,1H3. The molecule has 1 unspecified atom stereocenters. The Hall–Kier alpha value is -0.730. The zero-order valence-corrected chi connectivity index (χ0v) is 9.68. The Bertz CT molecular complexity index is 340. The van der Waals surface area contributed by atoms with Gasteiger partial charge in [0.05, 0.1) is 0 Å². The normalized spacial score (nSPS) is 19.5. The largest absolute Gasteiger partial charge is 0.385 e. The van der Waals surface area contributed by atoms with Crippen molar-refractivity contribution in [3.8, 4) is 0 Å². The molecule has 0 aliphatic carbocycles. The number of fused-ring (bicyclic) bond motifs is 1. The van der Waals surface area contributed by atoms with Crippen molar-refractivity contribution < 1.29 is 4.74 Å². The van der Waals surface area contributed by atoms with Gasteiger partial charge in [0.1, 0.15) is 0 Å². The van der Waals surface area contributed by atoms with E-state index in [0.717, 1.165) is 30.9 Å². The molecule has 0 fully saturated rings. The molecule has 0 radical (unpaired) electrons. The summed E-state index contributed by atoms with van der Waals surface area (Å²) in [7, 11) is 1.75. The van der Waals surface area contributed by atoms with Crippen LogP contribution in [0.3, 0.4) is 0 Å². The van der Waals surface area contributed by atoms with Crippen LogP contribution in [-0.2, 0) is 11.2 Å². The minimum atomic E-state index is 0.540. The van der Waals surface area contributed by atoms with Crippen molar-refractivity contribution in [2.45, 2.75) is 25.3 Å². The number of nitrogens with one attached hydrogen (secondary N) is 1. The maximum absolute atomic E-state index is 5.95. The second-order valence-electron chi connectivity index (χ2n) is 3.96. The molecule has 1 atom stereocenters. The van der Waals surface area contributed by atoms with E-state index in [-0.39, 0.29) is 0 Å². The van der Waals surface area contributed by atoms with Crippen LogP contribution < -0.4 is 5.32 Å². The van der Waals surface area contributed by atoms with E-state index in [2.05, 4.69) is 17.4 Å². The molecule has 1 aromatic carbocycles. The molecule has 1 N–H and O–H groups in total. The fourth-order valence-corrected chi connectivity index (χ4v) is 2.20. The van der Waals surface area contributed by atoms with Gasteiger partial charge in [0.15, 0.2) is 0 Å². The van der Waals surface area contributed by atoms with Crippen LogP contribution in [0.4, 0.5) is 5.69 Å². The van der Waals surface area contributed by atoms with Crippen molar-refractivity contribution in [2.24, 2.45) is 0 Å². The fraction of sp³-hybridized carbons (Fsp3) is 0.500. The van der Waals surface area contributed by atoms with Gasteiger partial charge in [-0.05, 0) is 43.0 Å². The molecule has 0 saturated carbocycles. The summed E-state index contributed by atoms with van der Waals surface area (Å²) < 4.78 is 5.09. The quantitative estimate of drug-likeness (QED) is 0.854. The number of hydrogen-bond donors (Lipinski definition) is 1. The van der Waals surface area contributed by atoms with Crippen LogP contribution in [0.25, 0.3) is 0 Å². The molecule has 0 saturated heterocycles. The number of anilines is 1. The van der Waals surface area contributed by atoms with Gasteiger partial charge < -0.3 is 10.1 Å². The van der Waals surface area contributed by atoms with E-state index in [0.29, 0.717) is 6.04 Å². The van der Waals surface area contributed by atoms with E-state index < -0.39 is 0 Å². The number of rotatable bonds is 3. The number of aryl methyl sites for hydroxylation is 1. The van der Waals surface area contributed by atoms with E-state index in [4.69, 9.17) is 16.3 Å². The lowest BCUT2D eigenvalue weighted by molar-refractivity contribution is 0.188. The van der Waals surface area contributed by atoms with Crippen LogP contribution in [-0.4, -0.2) is 19.8 Å². The summed E-state index contributed by atoms with van der Waals surface area (Å²) in [6, 6.07) is 6.60. The Morgan fingerprint density at radius 3 is 3.20 bits per heavy atom. The molecular weight excluding hydrogens is 210 g/mol. The van der Waals surface area contributed by atoms with Crippen molar-refractivity contribution in [3.05, 3.63) is 28.8 Å². The molecule has 1 aromatic rings. The number of halogens is 1. The van der Waals surface area contributed by atoms with Crippen LogP contribution in [0.2, 0.25) is 5.02 Å². The molecule has 1 aliphatic heterocycles.